The molecule has 0 fully saturated rings. The third kappa shape index (κ3) is 4.47. The third-order valence-corrected chi connectivity index (χ3v) is 4.56. The first-order valence-corrected chi connectivity index (χ1v) is 9.26. The predicted octanol–water partition coefficient (Wildman–Crippen LogP) is 4.57. The third-order valence-electron chi connectivity index (χ3n) is 4.56. The molecule has 0 aliphatic heterocycles. The summed E-state index contributed by atoms with van der Waals surface area (Å²) in [6.45, 7) is 0.140. The molecule has 5 nitrogen and oxygen atoms in total. The zero-order valence-electron chi connectivity index (χ0n) is 15.7. The molecule has 0 saturated heterocycles. The molecule has 1 N–H and O–H groups in total. The van der Waals surface area contributed by atoms with Crippen LogP contribution in [0.5, 0.6) is 0 Å². The van der Waals surface area contributed by atoms with Crippen molar-refractivity contribution >= 4 is 34.2 Å². The largest absolute Gasteiger partial charge is 0.324 e. The van der Waals surface area contributed by atoms with Crippen molar-refractivity contribution in [3.8, 4) is 0 Å². The molecule has 0 spiro atoms. The molecular weight excluding hydrogens is 362 g/mol. The molecule has 29 heavy (non-hydrogen) atoms. The van der Waals surface area contributed by atoms with Crippen LogP contribution < -0.4 is 5.32 Å². The Morgan fingerprint density at radius 1 is 0.931 bits per heavy atom. The zero-order valence-corrected chi connectivity index (χ0v) is 15.7. The summed E-state index contributed by atoms with van der Waals surface area (Å²) in [6.07, 6.45) is 6.76. The lowest BCUT2D eigenvalue weighted by molar-refractivity contribution is -0.116. The maximum Gasteiger partial charge on any atom is 0.246 e. The molecule has 0 saturated carbocycles. The molecule has 142 valence electrons. The van der Waals surface area contributed by atoms with E-state index in [-0.39, 0.29) is 18.2 Å². The molecule has 0 aliphatic rings. The minimum Gasteiger partial charge on any atom is -0.324 e. The summed E-state index contributed by atoms with van der Waals surface area (Å²) in [7, 11) is 0. The van der Waals surface area contributed by atoms with Gasteiger partial charge in [-0.2, -0.15) is 5.10 Å². The zero-order chi connectivity index (χ0) is 20.1. The average Bonchev–Trinajstić information content (AvgIpc) is 3.25. The Balaban J connectivity index is 1.42. The molecule has 1 amide bonds. The molecular formula is C24H19N3O2. The van der Waals surface area contributed by atoms with Crippen molar-refractivity contribution < 1.29 is 9.59 Å². The Bertz CT molecular complexity index is 1170. The molecule has 4 rings (SSSR count). The molecule has 0 atom stereocenters. The Morgan fingerprint density at radius 3 is 2.52 bits per heavy atom. The summed E-state index contributed by atoms with van der Waals surface area (Å²) in [4.78, 5) is 24.5. The number of carbonyl (C=O) groups excluding carboxylic acids is 2. The van der Waals surface area contributed by atoms with Gasteiger partial charge in [0.05, 0.1) is 0 Å². The fourth-order valence-corrected chi connectivity index (χ4v) is 3.12. The van der Waals surface area contributed by atoms with Crippen molar-refractivity contribution in [2.45, 2.75) is 6.54 Å². The van der Waals surface area contributed by atoms with Crippen LogP contribution in [0.1, 0.15) is 15.9 Å². The number of aromatic nitrogens is 2. The first-order valence-electron chi connectivity index (χ1n) is 9.26. The maximum absolute atomic E-state index is 12.5. The highest BCUT2D eigenvalue weighted by Crippen LogP contribution is 2.20. The monoisotopic (exact) mass is 381 g/mol. The highest BCUT2D eigenvalue weighted by molar-refractivity contribution is 6.08. The summed E-state index contributed by atoms with van der Waals surface area (Å²) >= 11 is 0. The van der Waals surface area contributed by atoms with Gasteiger partial charge >= 0.3 is 0 Å². The maximum atomic E-state index is 12.5. The van der Waals surface area contributed by atoms with Crippen molar-refractivity contribution in [2.75, 3.05) is 5.32 Å². The van der Waals surface area contributed by atoms with E-state index in [4.69, 9.17) is 0 Å². The number of allylic oxidation sites excluding steroid dienone is 1. The predicted molar refractivity (Wildman–Crippen MR) is 115 cm³/mol. The average molecular weight is 381 g/mol. The topological polar surface area (TPSA) is 64.0 Å². The molecule has 0 unspecified atom stereocenters. The Morgan fingerprint density at radius 2 is 1.72 bits per heavy atom. The van der Waals surface area contributed by atoms with Gasteiger partial charge in [0.15, 0.2) is 5.78 Å². The van der Waals surface area contributed by atoms with Gasteiger partial charge < -0.3 is 5.32 Å². The number of hydrogen-bond acceptors (Lipinski definition) is 3. The number of anilines is 1. The summed E-state index contributed by atoms with van der Waals surface area (Å²) in [5, 5.41) is 9.04. The number of nitrogens with one attached hydrogen (secondary N) is 1. The van der Waals surface area contributed by atoms with E-state index >= 15 is 0 Å². The van der Waals surface area contributed by atoms with Gasteiger partial charge in [0.1, 0.15) is 6.54 Å². The van der Waals surface area contributed by atoms with E-state index in [1.807, 2.05) is 48.5 Å². The van der Waals surface area contributed by atoms with E-state index in [9.17, 15) is 9.59 Å². The van der Waals surface area contributed by atoms with Gasteiger partial charge in [-0.25, -0.2) is 0 Å². The van der Waals surface area contributed by atoms with E-state index in [1.54, 1.807) is 53.5 Å². The summed E-state index contributed by atoms with van der Waals surface area (Å²) < 4.78 is 1.55. The van der Waals surface area contributed by atoms with Crippen molar-refractivity contribution in [1.29, 1.82) is 0 Å². The lowest BCUT2D eigenvalue weighted by Gasteiger charge is -2.06. The highest BCUT2D eigenvalue weighted by Gasteiger charge is 2.06. The van der Waals surface area contributed by atoms with Crippen LogP contribution in [0, 0.1) is 0 Å². The van der Waals surface area contributed by atoms with E-state index in [0.717, 1.165) is 16.3 Å². The first kappa shape index (κ1) is 18.4. The van der Waals surface area contributed by atoms with Crippen LogP contribution >= 0.6 is 0 Å². The SMILES string of the molecule is O=C(Cn1cccn1)Nc1ccc(C(=O)/C=C/c2cccc3ccccc23)cc1. The summed E-state index contributed by atoms with van der Waals surface area (Å²) in [6, 6.07) is 22.7. The minimum absolute atomic E-state index is 0.0904. The van der Waals surface area contributed by atoms with Crippen molar-refractivity contribution in [2.24, 2.45) is 0 Å². The molecule has 1 aromatic heterocycles. The molecule has 5 heteroatoms. The van der Waals surface area contributed by atoms with Gasteiger partial charge in [0.2, 0.25) is 5.91 Å². The molecule has 0 bridgehead atoms. The van der Waals surface area contributed by atoms with Crippen molar-refractivity contribution in [3.63, 3.8) is 0 Å². The van der Waals surface area contributed by atoms with Gasteiger partial charge in [0.25, 0.3) is 0 Å². The van der Waals surface area contributed by atoms with Crippen molar-refractivity contribution in [3.05, 3.63) is 102 Å². The normalized spacial score (nSPS) is 11.0. The molecule has 4 aromatic rings. The number of benzene rings is 3. The van der Waals surface area contributed by atoms with Crippen LogP contribution in [0.2, 0.25) is 0 Å². The number of carbonyl (C=O) groups is 2. The van der Waals surface area contributed by atoms with Crippen LogP contribution in [-0.2, 0) is 11.3 Å². The molecule has 0 radical (unpaired) electrons. The number of fused-ring (bicyclic) bond motifs is 1. The number of rotatable bonds is 6. The van der Waals surface area contributed by atoms with Gasteiger partial charge in [-0.15, -0.1) is 0 Å². The summed E-state index contributed by atoms with van der Waals surface area (Å²) in [5.41, 5.74) is 2.20. The number of ketones is 1. The Hall–Kier alpha value is -3.99. The molecule has 3 aromatic carbocycles. The number of amides is 1. The summed E-state index contributed by atoms with van der Waals surface area (Å²) in [5.74, 6) is -0.268. The fourth-order valence-electron chi connectivity index (χ4n) is 3.12. The Kier molecular flexibility index (Phi) is 5.29. The van der Waals surface area contributed by atoms with E-state index in [2.05, 4.69) is 10.4 Å². The fraction of sp³-hybridized carbons (Fsp3) is 0.0417. The standard InChI is InChI=1S/C24H19N3O2/c28-23(14-11-19-7-3-6-18-5-1-2-8-22(18)19)20-9-12-21(13-10-20)26-24(29)17-27-16-4-15-25-27/h1-16H,17H2,(H,26,29)/b14-11+. The Labute approximate surface area is 168 Å². The van der Waals surface area contributed by atoms with E-state index in [0.29, 0.717) is 11.3 Å². The van der Waals surface area contributed by atoms with Crippen LogP contribution in [0.4, 0.5) is 5.69 Å². The second kappa shape index (κ2) is 8.35. The van der Waals surface area contributed by atoms with Gasteiger partial charge in [-0.3, -0.25) is 14.3 Å². The van der Waals surface area contributed by atoms with Gasteiger partial charge in [0, 0.05) is 23.6 Å². The van der Waals surface area contributed by atoms with Crippen LogP contribution in [0.25, 0.3) is 16.8 Å². The van der Waals surface area contributed by atoms with E-state index in [1.165, 1.54) is 0 Å². The lowest BCUT2D eigenvalue weighted by Crippen LogP contribution is -2.18. The minimum atomic E-state index is -0.177. The van der Waals surface area contributed by atoms with Gasteiger partial charge in [-0.1, -0.05) is 48.5 Å². The van der Waals surface area contributed by atoms with Crippen LogP contribution in [0.3, 0.4) is 0 Å². The number of nitrogens with zero attached hydrogens (tertiary/aromatic N) is 2. The second-order valence-corrected chi connectivity index (χ2v) is 6.60. The lowest BCUT2D eigenvalue weighted by atomic mass is 10.0. The van der Waals surface area contributed by atoms with Crippen molar-refractivity contribution in [1.82, 2.24) is 9.78 Å². The molecule has 1 heterocycles. The smallest absolute Gasteiger partial charge is 0.246 e. The van der Waals surface area contributed by atoms with Gasteiger partial charge in [-0.05, 0) is 52.7 Å². The quantitative estimate of drug-likeness (QED) is 0.393. The highest BCUT2D eigenvalue weighted by atomic mass is 16.2. The second-order valence-electron chi connectivity index (χ2n) is 6.60. The number of hydrogen-bond donors (Lipinski definition) is 1. The van der Waals surface area contributed by atoms with Crippen LogP contribution in [0.15, 0.2) is 91.3 Å². The first-order chi connectivity index (χ1) is 14.2. The van der Waals surface area contributed by atoms with E-state index < -0.39 is 0 Å². The molecule has 0 aliphatic carbocycles. The van der Waals surface area contributed by atoms with Crippen LogP contribution in [-0.4, -0.2) is 21.5 Å².